The second kappa shape index (κ2) is 9.53. The van der Waals surface area contributed by atoms with Gasteiger partial charge in [0.25, 0.3) is 0 Å². The van der Waals surface area contributed by atoms with Crippen LogP contribution < -0.4 is 10.6 Å². The number of carbonyl (C=O) groups excluding carboxylic acids is 2. The zero-order valence-corrected chi connectivity index (χ0v) is 16.2. The van der Waals surface area contributed by atoms with E-state index in [1.807, 2.05) is 38.1 Å². The predicted octanol–water partition coefficient (Wildman–Crippen LogP) is 3.82. The number of nitrogens with zero attached hydrogens (tertiary/aromatic N) is 2. The highest BCUT2D eigenvalue weighted by atomic mass is 32.2. The molecule has 2 N–H and O–H groups in total. The maximum atomic E-state index is 12.0. The van der Waals surface area contributed by atoms with Crippen molar-refractivity contribution in [2.45, 2.75) is 38.0 Å². The van der Waals surface area contributed by atoms with Gasteiger partial charge < -0.3 is 10.6 Å². The van der Waals surface area contributed by atoms with Crippen molar-refractivity contribution in [3.05, 3.63) is 29.8 Å². The summed E-state index contributed by atoms with van der Waals surface area (Å²) < 4.78 is 0.649. The number of aryl methyl sites for hydroxylation is 1. The molecule has 25 heavy (non-hydrogen) atoms. The van der Waals surface area contributed by atoms with Crippen LogP contribution in [0.5, 0.6) is 0 Å². The number of thioether (sulfide) groups is 1. The Labute approximate surface area is 155 Å². The van der Waals surface area contributed by atoms with E-state index in [0.29, 0.717) is 15.9 Å². The summed E-state index contributed by atoms with van der Waals surface area (Å²) in [6.45, 7) is 6.05. The summed E-state index contributed by atoms with van der Waals surface area (Å²) in [5.74, 6) is 0.354. The smallest absolute Gasteiger partial charge is 0.234 e. The Bertz CT molecular complexity index is 714. The van der Waals surface area contributed by atoms with Crippen LogP contribution in [0.25, 0.3) is 0 Å². The van der Waals surface area contributed by atoms with Crippen LogP contribution >= 0.6 is 23.1 Å². The van der Waals surface area contributed by atoms with Crippen molar-refractivity contribution in [2.24, 2.45) is 5.92 Å². The number of benzene rings is 1. The van der Waals surface area contributed by atoms with Gasteiger partial charge in [0.1, 0.15) is 0 Å². The average molecular weight is 379 g/mol. The van der Waals surface area contributed by atoms with Crippen LogP contribution in [0.2, 0.25) is 0 Å². The highest BCUT2D eigenvalue weighted by Gasteiger charge is 2.11. The number of amides is 2. The first-order valence-electron chi connectivity index (χ1n) is 8.11. The fraction of sp³-hybridized carbons (Fsp3) is 0.412. The van der Waals surface area contributed by atoms with Gasteiger partial charge in [0.05, 0.1) is 5.75 Å². The van der Waals surface area contributed by atoms with E-state index in [1.54, 1.807) is 0 Å². The Morgan fingerprint density at radius 1 is 1.12 bits per heavy atom. The number of hydrogen-bond acceptors (Lipinski definition) is 6. The van der Waals surface area contributed by atoms with Gasteiger partial charge in [-0.1, -0.05) is 56.0 Å². The standard InChI is InChI=1S/C17H22N4O2S2/c1-4-12-5-7-13(8-6-12)18-15(23)10-24-17-21-20-16(25-17)19-14(22)9-11(2)3/h5-8,11H,4,9-10H2,1-3H3,(H,18,23)(H,19,20,22). The largest absolute Gasteiger partial charge is 0.325 e. The third-order valence-corrected chi connectivity index (χ3v) is 5.19. The number of aromatic nitrogens is 2. The molecule has 2 amide bonds. The maximum Gasteiger partial charge on any atom is 0.234 e. The summed E-state index contributed by atoms with van der Waals surface area (Å²) >= 11 is 2.57. The number of nitrogens with one attached hydrogen (secondary N) is 2. The van der Waals surface area contributed by atoms with E-state index in [4.69, 9.17) is 0 Å². The summed E-state index contributed by atoms with van der Waals surface area (Å²) in [6, 6.07) is 7.79. The summed E-state index contributed by atoms with van der Waals surface area (Å²) in [5, 5.41) is 14.0. The van der Waals surface area contributed by atoms with Crippen LogP contribution in [0.15, 0.2) is 28.6 Å². The molecule has 0 saturated heterocycles. The second-order valence-corrected chi connectivity index (χ2v) is 8.11. The van der Waals surface area contributed by atoms with Gasteiger partial charge in [0.15, 0.2) is 4.34 Å². The van der Waals surface area contributed by atoms with Crippen molar-refractivity contribution in [1.82, 2.24) is 10.2 Å². The van der Waals surface area contributed by atoms with Gasteiger partial charge in [-0.25, -0.2) is 0 Å². The molecule has 0 fully saturated rings. The first-order chi connectivity index (χ1) is 12.0. The fourth-order valence-electron chi connectivity index (χ4n) is 2.01. The normalized spacial score (nSPS) is 10.7. The van der Waals surface area contributed by atoms with Crippen LogP contribution in [-0.4, -0.2) is 27.8 Å². The third-order valence-electron chi connectivity index (χ3n) is 3.22. The third kappa shape index (κ3) is 6.83. The lowest BCUT2D eigenvalue weighted by atomic mass is 10.1. The van der Waals surface area contributed by atoms with E-state index in [9.17, 15) is 9.59 Å². The monoisotopic (exact) mass is 378 g/mol. The molecule has 0 atom stereocenters. The van der Waals surface area contributed by atoms with Crippen LogP contribution in [0.3, 0.4) is 0 Å². The Morgan fingerprint density at radius 3 is 2.48 bits per heavy atom. The van der Waals surface area contributed by atoms with Crippen LogP contribution in [0, 0.1) is 5.92 Å². The highest BCUT2D eigenvalue weighted by molar-refractivity contribution is 8.01. The molecule has 0 radical (unpaired) electrons. The first-order valence-corrected chi connectivity index (χ1v) is 9.91. The molecule has 6 nitrogen and oxygen atoms in total. The molecule has 0 saturated carbocycles. The van der Waals surface area contributed by atoms with Gasteiger partial charge in [-0.3, -0.25) is 9.59 Å². The minimum absolute atomic E-state index is 0.0732. The van der Waals surface area contributed by atoms with Crippen molar-refractivity contribution in [3.63, 3.8) is 0 Å². The molecule has 2 aromatic rings. The first kappa shape index (κ1) is 19.4. The van der Waals surface area contributed by atoms with E-state index in [0.717, 1.165) is 12.1 Å². The molecular formula is C17H22N4O2S2. The Morgan fingerprint density at radius 2 is 1.84 bits per heavy atom. The van der Waals surface area contributed by atoms with Crippen LogP contribution in [-0.2, 0) is 16.0 Å². The number of carbonyl (C=O) groups is 2. The lowest BCUT2D eigenvalue weighted by Gasteiger charge is -2.05. The summed E-state index contributed by atoms with van der Waals surface area (Å²) in [7, 11) is 0. The fourth-order valence-corrected chi connectivity index (χ4v) is 3.58. The lowest BCUT2D eigenvalue weighted by molar-refractivity contribution is -0.117. The van der Waals surface area contributed by atoms with E-state index in [1.165, 1.54) is 28.7 Å². The molecule has 1 heterocycles. The van der Waals surface area contributed by atoms with Gasteiger partial charge in [-0.15, -0.1) is 10.2 Å². The van der Waals surface area contributed by atoms with E-state index in [-0.39, 0.29) is 23.5 Å². The summed E-state index contributed by atoms with van der Waals surface area (Å²) in [5.41, 5.74) is 2.01. The molecular weight excluding hydrogens is 356 g/mol. The van der Waals surface area contributed by atoms with Gasteiger partial charge in [-0.2, -0.15) is 0 Å². The summed E-state index contributed by atoms with van der Waals surface area (Å²) in [4.78, 5) is 23.7. The molecule has 8 heteroatoms. The molecule has 2 rings (SSSR count). The molecule has 0 aliphatic rings. The predicted molar refractivity (Wildman–Crippen MR) is 103 cm³/mol. The molecule has 1 aromatic heterocycles. The molecule has 0 bridgehead atoms. The Balaban J connectivity index is 1.78. The minimum Gasteiger partial charge on any atom is -0.325 e. The van der Waals surface area contributed by atoms with E-state index < -0.39 is 0 Å². The van der Waals surface area contributed by atoms with Crippen molar-refractivity contribution in [3.8, 4) is 0 Å². The van der Waals surface area contributed by atoms with Crippen molar-refractivity contribution in [1.29, 1.82) is 0 Å². The van der Waals surface area contributed by atoms with Crippen LogP contribution in [0.4, 0.5) is 10.8 Å². The van der Waals surface area contributed by atoms with Gasteiger partial charge >= 0.3 is 0 Å². The molecule has 134 valence electrons. The van der Waals surface area contributed by atoms with Crippen LogP contribution in [0.1, 0.15) is 32.8 Å². The van der Waals surface area contributed by atoms with E-state index in [2.05, 4.69) is 27.8 Å². The van der Waals surface area contributed by atoms with Gasteiger partial charge in [0.2, 0.25) is 16.9 Å². The number of rotatable bonds is 8. The van der Waals surface area contributed by atoms with Crippen molar-refractivity contribution < 1.29 is 9.59 Å². The van der Waals surface area contributed by atoms with Crippen molar-refractivity contribution in [2.75, 3.05) is 16.4 Å². The quantitative estimate of drug-likeness (QED) is 0.539. The molecule has 1 aromatic carbocycles. The topological polar surface area (TPSA) is 84.0 Å². The Kier molecular flexibility index (Phi) is 7.39. The number of hydrogen-bond donors (Lipinski definition) is 2. The molecule has 0 unspecified atom stereocenters. The number of anilines is 2. The maximum absolute atomic E-state index is 12.0. The lowest BCUT2D eigenvalue weighted by Crippen LogP contribution is -2.13. The van der Waals surface area contributed by atoms with Gasteiger partial charge in [-0.05, 0) is 30.0 Å². The molecule has 0 spiro atoms. The van der Waals surface area contributed by atoms with Crippen molar-refractivity contribution >= 4 is 45.7 Å². The zero-order chi connectivity index (χ0) is 18.2. The SMILES string of the molecule is CCc1ccc(NC(=O)CSc2nnc(NC(=O)CC(C)C)s2)cc1. The van der Waals surface area contributed by atoms with Gasteiger partial charge in [0, 0.05) is 12.1 Å². The highest BCUT2D eigenvalue weighted by Crippen LogP contribution is 2.25. The Hall–Kier alpha value is -1.93. The van der Waals surface area contributed by atoms with E-state index >= 15 is 0 Å². The zero-order valence-electron chi connectivity index (χ0n) is 14.5. The minimum atomic E-state index is -0.102. The average Bonchev–Trinajstić information content (AvgIpc) is 3.00. The summed E-state index contributed by atoms with van der Waals surface area (Å²) in [6.07, 6.45) is 1.42. The second-order valence-electron chi connectivity index (χ2n) is 5.91. The molecule has 0 aliphatic heterocycles. The molecule has 0 aliphatic carbocycles.